The number of Topliss-reactive ketones (excluding diaryl/α,β-unsaturated/α-hetero) is 1. The minimum absolute atomic E-state index is 0.00687. The Morgan fingerprint density at radius 3 is 2.74 bits per heavy atom. The zero-order valence-electron chi connectivity index (χ0n) is 11.1. The Morgan fingerprint density at radius 2 is 2.21 bits per heavy atom. The summed E-state index contributed by atoms with van der Waals surface area (Å²) in [5, 5.41) is 0. The second-order valence-electron chi connectivity index (χ2n) is 5.20. The van der Waals surface area contributed by atoms with Gasteiger partial charge < -0.3 is 0 Å². The van der Waals surface area contributed by atoms with E-state index in [1.54, 1.807) is 6.20 Å². The lowest BCUT2D eigenvalue weighted by Gasteiger charge is -2.06. The molecule has 1 aromatic rings. The molecule has 2 rings (SSSR count). The molecule has 0 amide bonds. The first kappa shape index (κ1) is 14.2. The predicted octanol–water partition coefficient (Wildman–Crippen LogP) is 1.58. The first-order valence-electron chi connectivity index (χ1n) is 6.64. The van der Waals surface area contributed by atoms with Gasteiger partial charge >= 0.3 is 0 Å². The van der Waals surface area contributed by atoms with Crippen LogP contribution in [0.25, 0.3) is 0 Å². The van der Waals surface area contributed by atoms with E-state index in [2.05, 4.69) is 11.9 Å². The molecule has 0 aliphatic carbocycles. The van der Waals surface area contributed by atoms with Gasteiger partial charge in [0.15, 0.2) is 9.84 Å². The normalized spacial score (nSPS) is 21.4. The van der Waals surface area contributed by atoms with Crippen molar-refractivity contribution in [1.82, 2.24) is 4.98 Å². The van der Waals surface area contributed by atoms with Crippen molar-refractivity contribution >= 4 is 15.6 Å². The maximum absolute atomic E-state index is 11.9. The van der Waals surface area contributed by atoms with Gasteiger partial charge in [-0.2, -0.15) is 0 Å². The second kappa shape index (κ2) is 5.82. The van der Waals surface area contributed by atoms with Crippen LogP contribution in [-0.4, -0.2) is 30.7 Å². The van der Waals surface area contributed by atoms with E-state index in [-0.39, 0.29) is 23.2 Å². The van der Waals surface area contributed by atoms with Crippen molar-refractivity contribution in [1.29, 1.82) is 0 Å². The van der Waals surface area contributed by atoms with E-state index in [1.165, 1.54) is 0 Å². The van der Waals surface area contributed by atoms with Crippen molar-refractivity contribution in [2.75, 3.05) is 11.5 Å². The van der Waals surface area contributed by atoms with E-state index in [0.29, 0.717) is 19.3 Å². The minimum atomic E-state index is -2.89. The lowest BCUT2D eigenvalue weighted by atomic mass is 9.99. The van der Waals surface area contributed by atoms with Crippen LogP contribution in [0, 0.1) is 5.92 Å². The molecule has 0 radical (unpaired) electrons. The van der Waals surface area contributed by atoms with Gasteiger partial charge in [0.25, 0.3) is 0 Å². The van der Waals surface area contributed by atoms with Gasteiger partial charge in [-0.3, -0.25) is 9.78 Å². The van der Waals surface area contributed by atoms with E-state index < -0.39 is 9.84 Å². The van der Waals surface area contributed by atoms with Crippen LogP contribution >= 0.6 is 0 Å². The molecule has 1 fully saturated rings. The summed E-state index contributed by atoms with van der Waals surface area (Å²) in [6.45, 7) is 2.06. The van der Waals surface area contributed by atoms with E-state index >= 15 is 0 Å². The van der Waals surface area contributed by atoms with Crippen molar-refractivity contribution < 1.29 is 13.2 Å². The molecule has 1 atom stereocenters. The molecule has 104 valence electrons. The Kier molecular flexibility index (Phi) is 4.34. The molecule has 1 aliphatic rings. The molecule has 0 aromatic carbocycles. The zero-order chi connectivity index (χ0) is 13.9. The maximum Gasteiger partial charge on any atom is 0.150 e. The number of carbonyl (C=O) groups excluding carboxylic acids is 1. The Labute approximate surface area is 114 Å². The van der Waals surface area contributed by atoms with Crippen LogP contribution in [-0.2, 0) is 27.5 Å². The number of hydrogen-bond acceptors (Lipinski definition) is 4. The molecule has 4 nitrogen and oxygen atoms in total. The van der Waals surface area contributed by atoms with Crippen molar-refractivity contribution in [2.24, 2.45) is 5.92 Å². The van der Waals surface area contributed by atoms with Gasteiger partial charge in [0.2, 0.25) is 0 Å². The molecule has 0 bridgehead atoms. The molecular formula is C14H19NO3S. The van der Waals surface area contributed by atoms with Crippen LogP contribution < -0.4 is 0 Å². The van der Waals surface area contributed by atoms with Gasteiger partial charge in [-0.1, -0.05) is 13.0 Å². The summed E-state index contributed by atoms with van der Waals surface area (Å²) in [5.74, 6) is 0.487. The van der Waals surface area contributed by atoms with E-state index in [4.69, 9.17) is 0 Å². The minimum Gasteiger partial charge on any atom is -0.299 e. The molecule has 1 aromatic heterocycles. The summed E-state index contributed by atoms with van der Waals surface area (Å²) >= 11 is 0. The maximum atomic E-state index is 11.9. The van der Waals surface area contributed by atoms with Crippen LogP contribution in [0.15, 0.2) is 18.3 Å². The number of sulfone groups is 1. The van der Waals surface area contributed by atoms with E-state index in [9.17, 15) is 13.2 Å². The van der Waals surface area contributed by atoms with Crippen LogP contribution in [0.5, 0.6) is 0 Å². The van der Waals surface area contributed by atoms with Crippen LogP contribution in [0.2, 0.25) is 0 Å². The van der Waals surface area contributed by atoms with Crippen molar-refractivity contribution in [2.45, 2.75) is 32.6 Å². The number of carbonyl (C=O) groups is 1. The third-order valence-electron chi connectivity index (χ3n) is 3.52. The highest BCUT2D eigenvalue weighted by Gasteiger charge is 2.29. The summed E-state index contributed by atoms with van der Waals surface area (Å²) in [7, 11) is -2.89. The average molecular weight is 281 g/mol. The summed E-state index contributed by atoms with van der Waals surface area (Å²) in [4.78, 5) is 16.2. The highest BCUT2D eigenvalue weighted by Crippen LogP contribution is 2.22. The molecule has 5 heteroatoms. The van der Waals surface area contributed by atoms with Crippen molar-refractivity contribution in [3.05, 3.63) is 29.6 Å². The summed E-state index contributed by atoms with van der Waals surface area (Å²) in [6, 6.07) is 3.86. The quantitative estimate of drug-likeness (QED) is 0.822. The predicted molar refractivity (Wildman–Crippen MR) is 73.7 cm³/mol. The lowest BCUT2D eigenvalue weighted by Crippen LogP contribution is -2.12. The zero-order valence-corrected chi connectivity index (χ0v) is 11.9. The second-order valence-corrected chi connectivity index (χ2v) is 7.43. The van der Waals surface area contributed by atoms with Crippen molar-refractivity contribution in [3.63, 3.8) is 0 Å². The first-order chi connectivity index (χ1) is 8.98. The van der Waals surface area contributed by atoms with Crippen LogP contribution in [0.3, 0.4) is 0 Å². The Morgan fingerprint density at radius 1 is 1.42 bits per heavy atom. The largest absolute Gasteiger partial charge is 0.299 e. The monoisotopic (exact) mass is 281 g/mol. The number of rotatable bonds is 5. The van der Waals surface area contributed by atoms with Gasteiger partial charge in [0.1, 0.15) is 5.78 Å². The molecule has 2 heterocycles. The highest BCUT2D eigenvalue weighted by atomic mass is 32.2. The Balaban J connectivity index is 1.87. The number of nitrogens with zero attached hydrogens (tertiary/aromatic N) is 1. The molecule has 19 heavy (non-hydrogen) atoms. The Bertz CT molecular complexity index is 549. The highest BCUT2D eigenvalue weighted by molar-refractivity contribution is 7.91. The fraction of sp³-hybridized carbons (Fsp3) is 0.571. The molecule has 0 saturated carbocycles. The number of pyridine rings is 1. The first-order valence-corrected chi connectivity index (χ1v) is 8.46. The number of aromatic nitrogens is 1. The van der Waals surface area contributed by atoms with Gasteiger partial charge in [0, 0.05) is 24.7 Å². The SMILES string of the molecule is CCc1ccc(CC(=O)CC2CCS(=O)(=O)C2)nc1. The van der Waals surface area contributed by atoms with Crippen LogP contribution in [0.4, 0.5) is 0 Å². The fourth-order valence-electron chi connectivity index (χ4n) is 2.40. The van der Waals surface area contributed by atoms with Gasteiger partial charge in [-0.05, 0) is 30.4 Å². The molecule has 1 unspecified atom stereocenters. The standard InChI is InChI=1S/C14H19NO3S/c1-2-11-3-4-13(15-9-11)8-14(16)7-12-5-6-19(17,18)10-12/h3-4,9,12H,2,5-8,10H2,1H3. The van der Waals surface area contributed by atoms with Crippen LogP contribution in [0.1, 0.15) is 31.0 Å². The van der Waals surface area contributed by atoms with Gasteiger partial charge in [-0.25, -0.2) is 8.42 Å². The summed E-state index contributed by atoms with van der Waals surface area (Å²) < 4.78 is 22.7. The Hall–Kier alpha value is -1.23. The van der Waals surface area contributed by atoms with E-state index in [1.807, 2.05) is 12.1 Å². The van der Waals surface area contributed by atoms with Gasteiger partial charge in [0.05, 0.1) is 11.5 Å². The number of ketones is 1. The third kappa shape index (κ3) is 4.13. The molecular weight excluding hydrogens is 262 g/mol. The summed E-state index contributed by atoms with van der Waals surface area (Å²) in [5.41, 5.74) is 1.92. The third-order valence-corrected chi connectivity index (χ3v) is 5.35. The molecule has 0 spiro atoms. The molecule has 0 N–H and O–H groups in total. The molecule has 1 saturated heterocycles. The molecule has 1 aliphatic heterocycles. The number of hydrogen-bond donors (Lipinski definition) is 0. The average Bonchev–Trinajstić information content (AvgIpc) is 2.69. The smallest absolute Gasteiger partial charge is 0.150 e. The topological polar surface area (TPSA) is 64.1 Å². The van der Waals surface area contributed by atoms with Crippen molar-refractivity contribution in [3.8, 4) is 0 Å². The van der Waals surface area contributed by atoms with Gasteiger partial charge in [-0.15, -0.1) is 0 Å². The van der Waals surface area contributed by atoms with E-state index in [0.717, 1.165) is 17.7 Å². The summed E-state index contributed by atoms with van der Waals surface area (Å²) in [6.07, 6.45) is 4.01. The fourth-order valence-corrected chi connectivity index (χ4v) is 4.26. The number of aryl methyl sites for hydroxylation is 1. The lowest BCUT2D eigenvalue weighted by molar-refractivity contribution is -0.119.